The molecule has 0 aliphatic rings. The number of pyridine rings is 1. The number of aromatic nitrogens is 3. The zero-order valence-corrected chi connectivity index (χ0v) is 22.0. The van der Waals surface area contributed by atoms with Crippen molar-refractivity contribution in [2.75, 3.05) is 0 Å². The maximum absolute atomic E-state index is 5.39. The summed E-state index contributed by atoms with van der Waals surface area (Å²) in [6.07, 6.45) is 3.65. The average molecular weight is 472 g/mol. The fourth-order valence-electron chi connectivity index (χ4n) is 4.71. The van der Waals surface area contributed by atoms with Gasteiger partial charge in [0.15, 0.2) is 0 Å². The maximum Gasteiger partial charge on any atom is 0.0973 e. The van der Waals surface area contributed by atoms with E-state index in [9.17, 15) is 0 Å². The second-order valence-electron chi connectivity index (χ2n) is 11.5. The van der Waals surface area contributed by atoms with Crippen molar-refractivity contribution >= 4 is 11.0 Å². The molecule has 180 valence electrons. The lowest BCUT2D eigenvalue weighted by molar-refractivity contribution is 0.583. The maximum atomic E-state index is 5.39. The summed E-state index contributed by atoms with van der Waals surface area (Å²) in [6.45, 7) is 13.5. The Morgan fingerprint density at radius 3 is 1.33 bits per heavy atom. The molecule has 0 aliphatic carbocycles. The van der Waals surface area contributed by atoms with Crippen molar-refractivity contribution in [1.29, 1.82) is 0 Å². The largest absolute Gasteiger partial charge is 0.265 e. The molecule has 5 rings (SSSR count). The molecule has 0 saturated carbocycles. The standard InChI is InChI=1S/C33H33N3/c1-32(2,3)26-16-17-27(33(4,5)6)31-30(26)35-28(24-10-8-7-9-11-24)29(36-31)25-14-12-22(13-15-25)23-18-20-34-21-19-23/h7-21H,1-6H3. The molecule has 0 N–H and O–H groups in total. The highest BCUT2D eigenvalue weighted by Crippen LogP contribution is 2.39. The van der Waals surface area contributed by atoms with Crippen LogP contribution in [0.5, 0.6) is 0 Å². The zero-order chi connectivity index (χ0) is 25.5. The summed E-state index contributed by atoms with van der Waals surface area (Å²) < 4.78 is 0. The van der Waals surface area contributed by atoms with E-state index in [1.54, 1.807) is 0 Å². The SMILES string of the molecule is CC(C)(C)c1ccc(C(C)(C)C)c2nc(-c3ccc(-c4ccncc4)cc3)c(-c3ccccc3)nc12. The van der Waals surface area contributed by atoms with E-state index >= 15 is 0 Å². The van der Waals surface area contributed by atoms with Crippen LogP contribution in [0.1, 0.15) is 52.7 Å². The van der Waals surface area contributed by atoms with Gasteiger partial charge in [0.1, 0.15) is 0 Å². The summed E-state index contributed by atoms with van der Waals surface area (Å²) >= 11 is 0. The van der Waals surface area contributed by atoms with Crippen LogP contribution >= 0.6 is 0 Å². The molecule has 0 atom stereocenters. The smallest absolute Gasteiger partial charge is 0.0973 e. The van der Waals surface area contributed by atoms with E-state index < -0.39 is 0 Å². The molecule has 0 amide bonds. The molecule has 3 nitrogen and oxygen atoms in total. The minimum absolute atomic E-state index is 0.0506. The van der Waals surface area contributed by atoms with Gasteiger partial charge in [-0.3, -0.25) is 4.98 Å². The van der Waals surface area contributed by atoms with Crippen LogP contribution in [0.4, 0.5) is 0 Å². The Labute approximate surface area is 214 Å². The monoisotopic (exact) mass is 471 g/mol. The first-order valence-corrected chi connectivity index (χ1v) is 12.5. The van der Waals surface area contributed by atoms with Crippen molar-refractivity contribution in [2.45, 2.75) is 52.4 Å². The van der Waals surface area contributed by atoms with Gasteiger partial charge in [0.25, 0.3) is 0 Å². The molecule has 0 bridgehead atoms. The predicted octanol–water partition coefficient (Wildman–Crippen LogP) is 8.62. The van der Waals surface area contributed by atoms with E-state index in [1.165, 1.54) is 11.1 Å². The van der Waals surface area contributed by atoms with E-state index in [4.69, 9.17) is 9.97 Å². The number of benzene rings is 3. The molecule has 3 aromatic carbocycles. The predicted molar refractivity (Wildman–Crippen MR) is 151 cm³/mol. The van der Waals surface area contributed by atoms with Crippen molar-refractivity contribution < 1.29 is 0 Å². The Hall–Kier alpha value is -3.85. The highest BCUT2D eigenvalue weighted by Gasteiger charge is 2.26. The van der Waals surface area contributed by atoms with Gasteiger partial charge in [-0.25, -0.2) is 9.97 Å². The molecular formula is C33H33N3. The summed E-state index contributed by atoms with van der Waals surface area (Å²) in [5, 5.41) is 0. The van der Waals surface area contributed by atoms with Crippen molar-refractivity contribution in [2.24, 2.45) is 0 Å². The molecule has 0 saturated heterocycles. The summed E-state index contributed by atoms with van der Waals surface area (Å²) in [5.74, 6) is 0. The molecule has 5 aromatic rings. The van der Waals surface area contributed by atoms with Crippen LogP contribution in [0.3, 0.4) is 0 Å². The molecule has 0 unspecified atom stereocenters. The van der Waals surface area contributed by atoms with Crippen molar-refractivity contribution in [3.63, 3.8) is 0 Å². The van der Waals surface area contributed by atoms with Crippen LogP contribution in [0.2, 0.25) is 0 Å². The van der Waals surface area contributed by atoms with Gasteiger partial charge in [-0.15, -0.1) is 0 Å². The second kappa shape index (κ2) is 8.98. The molecule has 2 aromatic heterocycles. The number of nitrogens with zero attached hydrogens (tertiary/aromatic N) is 3. The quantitative estimate of drug-likeness (QED) is 0.264. The van der Waals surface area contributed by atoms with Crippen LogP contribution in [-0.2, 0) is 10.8 Å². The summed E-state index contributed by atoms with van der Waals surface area (Å²) in [6, 6.07) is 27.6. The van der Waals surface area contributed by atoms with E-state index in [-0.39, 0.29) is 10.8 Å². The Bertz CT molecular complexity index is 1510. The van der Waals surface area contributed by atoms with Crippen molar-refractivity contribution in [3.8, 4) is 33.6 Å². The molecule has 0 aliphatic heterocycles. The first-order valence-electron chi connectivity index (χ1n) is 12.5. The van der Waals surface area contributed by atoms with Gasteiger partial charge in [-0.05, 0) is 45.2 Å². The van der Waals surface area contributed by atoms with E-state index in [0.717, 1.165) is 44.7 Å². The van der Waals surface area contributed by atoms with Crippen LogP contribution in [0.15, 0.2) is 91.3 Å². The summed E-state index contributed by atoms with van der Waals surface area (Å²) in [7, 11) is 0. The Kier molecular flexibility index (Phi) is 5.96. The highest BCUT2D eigenvalue weighted by molar-refractivity contribution is 5.91. The molecule has 3 heteroatoms. The molecule has 36 heavy (non-hydrogen) atoms. The van der Waals surface area contributed by atoms with Crippen molar-refractivity contribution in [3.05, 3.63) is 102 Å². The number of fused-ring (bicyclic) bond motifs is 1. The van der Waals surface area contributed by atoms with Crippen molar-refractivity contribution in [1.82, 2.24) is 15.0 Å². The lowest BCUT2D eigenvalue weighted by Gasteiger charge is -2.26. The Morgan fingerprint density at radius 1 is 0.444 bits per heavy atom. The normalized spacial score (nSPS) is 12.2. The van der Waals surface area contributed by atoms with Gasteiger partial charge < -0.3 is 0 Å². The first kappa shape index (κ1) is 23.9. The summed E-state index contributed by atoms with van der Waals surface area (Å²) in [4.78, 5) is 14.9. The third-order valence-corrected chi connectivity index (χ3v) is 6.66. The Morgan fingerprint density at radius 2 is 0.861 bits per heavy atom. The fraction of sp³-hybridized carbons (Fsp3) is 0.242. The van der Waals surface area contributed by atoms with Crippen LogP contribution in [-0.4, -0.2) is 15.0 Å². The highest BCUT2D eigenvalue weighted by atomic mass is 14.8. The molecule has 2 heterocycles. The van der Waals surface area contributed by atoms with Crippen LogP contribution < -0.4 is 0 Å². The van der Waals surface area contributed by atoms with E-state index in [1.807, 2.05) is 30.6 Å². The fourth-order valence-corrected chi connectivity index (χ4v) is 4.71. The topological polar surface area (TPSA) is 38.7 Å². The summed E-state index contributed by atoms with van der Waals surface area (Å²) in [5.41, 5.74) is 10.6. The third kappa shape index (κ3) is 4.54. The number of rotatable bonds is 3. The lowest BCUT2D eigenvalue weighted by atomic mass is 9.80. The van der Waals surface area contributed by atoms with Gasteiger partial charge in [0.2, 0.25) is 0 Å². The first-order chi connectivity index (χ1) is 17.1. The van der Waals surface area contributed by atoms with E-state index in [0.29, 0.717) is 0 Å². The molecular weight excluding hydrogens is 438 g/mol. The van der Waals surface area contributed by atoms with Gasteiger partial charge in [0.05, 0.1) is 22.4 Å². The third-order valence-electron chi connectivity index (χ3n) is 6.66. The molecule has 0 radical (unpaired) electrons. The van der Waals surface area contributed by atoms with E-state index in [2.05, 4.69) is 107 Å². The lowest BCUT2D eigenvalue weighted by Crippen LogP contribution is -2.17. The van der Waals surface area contributed by atoms with Gasteiger partial charge in [-0.1, -0.05) is 108 Å². The van der Waals surface area contributed by atoms with Crippen LogP contribution in [0, 0.1) is 0 Å². The number of hydrogen-bond donors (Lipinski definition) is 0. The second-order valence-corrected chi connectivity index (χ2v) is 11.5. The van der Waals surface area contributed by atoms with Gasteiger partial charge in [-0.2, -0.15) is 0 Å². The molecule has 0 spiro atoms. The number of hydrogen-bond acceptors (Lipinski definition) is 3. The minimum atomic E-state index is -0.0555. The molecule has 0 fully saturated rings. The average Bonchev–Trinajstić information content (AvgIpc) is 2.87. The van der Waals surface area contributed by atoms with Gasteiger partial charge >= 0.3 is 0 Å². The van der Waals surface area contributed by atoms with Crippen LogP contribution in [0.25, 0.3) is 44.7 Å². The zero-order valence-electron chi connectivity index (χ0n) is 22.0. The Balaban J connectivity index is 1.80. The van der Waals surface area contributed by atoms with Gasteiger partial charge in [0, 0.05) is 23.5 Å². The minimum Gasteiger partial charge on any atom is -0.265 e.